The summed E-state index contributed by atoms with van der Waals surface area (Å²) in [6.07, 6.45) is 1.31. The maximum absolute atomic E-state index is 11.5. The van der Waals surface area contributed by atoms with Crippen LogP contribution in [0.5, 0.6) is 0 Å². The van der Waals surface area contributed by atoms with Crippen LogP contribution in [-0.2, 0) is 4.79 Å². The second kappa shape index (κ2) is 3.13. The van der Waals surface area contributed by atoms with Crippen molar-refractivity contribution in [3.05, 3.63) is 18.0 Å². The van der Waals surface area contributed by atoms with Crippen molar-refractivity contribution in [2.75, 3.05) is 13.1 Å². The second-order valence-corrected chi connectivity index (χ2v) is 3.13. The molecule has 6 heteroatoms. The molecule has 0 saturated carbocycles. The fourth-order valence-electron chi connectivity index (χ4n) is 1.29. The third-order valence-electron chi connectivity index (χ3n) is 2.17. The molecule has 0 atom stereocenters. The lowest BCUT2D eigenvalue weighted by molar-refractivity contribution is -0.146. The Kier molecular flexibility index (Phi) is 1.95. The van der Waals surface area contributed by atoms with Gasteiger partial charge in [0.05, 0.1) is 5.92 Å². The summed E-state index contributed by atoms with van der Waals surface area (Å²) in [7, 11) is 0. The van der Waals surface area contributed by atoms with Crippen molar-refractivity contribution < 1.29 is 19.2 Å². The molecule has 1 amide bonds. The SMILES string of the molecule is O=C(O)C1CN(C(=O)c2ccon2)C1. The average molecular weight is 196 g/mol. The Labute approximate surface area is 79.1 Å². The van der Waals surface area contributed by atoms with Gasteiger partial charge in [-0.2, -0.15) is 0 Å². The Hall–Kier alpha value is -1.85. The minimum Gasteiger partial charge on any atom is -0.481 e. The van der Waals surface area contributed by atoms with Gasteiger partial charge in [-0.1, -0.05) is 5.16 Å². The zero-order valence-corrected chi connectivity index (χ0v) is 7.21. The van der Waals surface area contributed by atoms with Crippen molar-refractivity contribution in [1.82, 2.24) is 10.1 Å². The minimum absolute atomic E-state index is 0.217. The van der Waals surface area contributed by atoms with Crippen molar-refractivity contribution in [2.24, 2.45) is 5.92 Å². The van der Waals surface area contributed by atoms with Crippen molar-refractivity contribution >= 4 is 11.9 Å². The van der Waals surface area contributed by atoms with Crippen LogP contribution >= 0.6 is 0 Å². The molecule has 6 nitrogen and oxygen atoms in total. The fourth-order valence-corrected chi connectivity index (χ4v) is 1.29. The molecule has 1 aromatic heterocycles. The zero-order chi connectivity index (χ0) is 10.1. The zero-order valence-electron chi connectivity index (χ0n) is 7.21. The number of carboxylic acid groups (broad SMARTS) is 1. The van der Waals surface area contributed by atoms with E-state index in [0.29, 0.717) is 0 Å². The van der Waals surface area contributed by atoms with E-state index in [2.05, 4.69) is 9.68 Å². The van der Waals surface area contributed by atoms with Crippen LogP contribution in [0.3, 0.4) is 0 Å². The number of aromatic nitrogens is 1. The first-order valence-corrected chi connectivity index (χ1v) is 4.11. The number of hydrogen-bond donors (Lipinski definition) is 1. The van der Waals surface area contributed by atoms with Crippen LogP contribution in [0.1, 0.15) is 10.5 Å². The van der Waals surface area contributed by atoms with Gasteiger partial charge in [-0.05, 0) is 0 Å². The number of rotatable bonds is 2. The van der Waals surface area contributed by atoms with Gasteiger partial charge in [0.2, 0.25) is 0 Å². The molecule has 0 aliphatic carbocycles. The number of carbonyl (C=O) groups excluding carboxylic acids is 1. The second-order valence-electron chi connectivity index (χ2n) is 3.13. The Morgan fingerprint density at radius 3 is 2.79 bits per heavy atom. The van der Waals surface area contributed by atoms with Crippen LogP contribution in [0.4, 0.5) is 0 Å². The lowest BCUT2D eigenvalue weighted by atomic mass is 10.0. The molecular formula is C8H8N2O4. The van der Waals surface area contributed by atoms with Crippen LogP contribution in [0.2, 0.25) is 0 Å². The van der Waals surface area contributed by atoms with Crippen LogP contribution < -0.4 is 0 Å². The normalized spacial score (nSPS) is 16.4. The monoisotopic (exact) mass is 196 g/mol. The van der Waals surface area contributed by atoms with Gasteiger partial charge in [0.15, 0.2) is 5.69 Å². The first-order valence-electron chi connectivity index (χ1n) is 4.11. The van der Waals surface area contributed by atoms with Gasteiger partial charge in [0.25, 0.3) is 5.91 Å². The van der Waals surface area contributed by atoms with Gasteiger partial charge in [-0.3, -0.25) is 9.59 Å². The van der Waals surface area contributed by atoms with Gasteiger partial charge in [0.1, 0.15) is 6.26 Å². The Morgan fingerprint density at radius 2 is 2.29 bits per heavy atom. The predicted molar refractivity (Wildman–Crippen MR) is 43.5 cm³/mol. The quantitative estimate of drug-likeness (QED) is 0.710. The summed E-state index contributed by atoms with van der Waals surface area (Å²) < 4.78 is 4.51. The number of amides is 1. The summed E-state index contributed by atoms with van der Waals surface area (Å²) >= 11 is 0. The molecule has 0 unspecified atom stereocenters. The molecule has 1 aliphatic rings. The highest BCUT2D eigenvalue weighted by molar-refractivity contribution is 5.93. The van der Waals surface area contributed by atoms with Crippen LogP contribution in [0.15, 0.2) is 16.9 Å². The Balaban J connectivity index is 1.95. The maximum Gasteiger partial charge on any atom is 0.310 e. The molecule has 0 radical (unpaired) electrons. The molecule has 1 aromatic rings. The number of carbonyl (C=O) groups is 2. The molecule has 0 spiro atoms. The molecule has 2 heterocycles. The lowest BCUT2D eigenvalue weighted by Gasteiger charge is -2.35. The smallest absolute Gasteiger partial charge is 0.310 e. The van der Waals surface area contributed by atoms with E-state index in [1.54, 1.807) is 0 Å². The number of carboxylic acids is 1. The van der Waals surface area contributed by atoms with E-state index in [1.807, 2.05) is 0 Å². The van der Waals surface area contributed by atoms with Crippen molar-refractivity contribution in [1.29, 1.82) is 0 Å². The standard InChI is InChI=1S/C8H8N2O4/c11-7(6-1-2-14-9-6)10-3-5(4-10)8(12)13/h1-2,5H,3-4H2,(H,12,13). The number of likely N-dealkylation sites (tertiary alicyclic amines) is 1. The summed E-state index contributed by atoms with van der Waals surface area (Å²) in [4.78, 5) is 23.4. The Morgan fingerprint density at radius 1 is 1.57 bits per heavy atom. The van der Waals surface area contributed by atoms with Crippen molar-refractivity contribution in [3.8, 4) is 0 Å². The third kappa shape index (κ3) is 1.34. The molecule has 1 fully saturated rings. The predicted octanol–water partition coefficient (Wildman–Crippen LogP) is -0.169. The van der Waals surface area contributed by atoms with E-state index in [1.165, 1.54) is 17.2 Å². The van der Waals surface area contributed by atoms with Gasteiger partial charge in [-0.15, -0.1) is 0 Å². The minimum atomic E-state index is -0.866. The number of hydrogen-bond acceptors (Lipinski definition) is 4. The highest BCUT2D eigenvalue weighted by Gasteiger charge is 2.36. The van der Waals surface area contributed by atoms with E-state index < -0.39 is 11.9 Å². The van der Waals surface area contributed by atoms with Crippen LogP contribution in [0.25, 0.3) is 0 Å². The Bertz CT molecular complexity index is 353. The van der Waals surface area contributed by atoms with Gasteiger partial charge in [-0.25, -0.2) is 0 Å². The van der Waals surface area contributed by atoms with E-state index in [0.717, 1.165) is 0 Å². The van der Waals surface area contributed by atoms with Crippen molar-refractivity contribution in [3.63, 3.8) is 0 Å². The molecule has 2 rings (SSSR count). The van der Waals surface area contributed by atoms with Crippen LogP contribution in [-0.4, -0.2) is 40.1 Å². The van der Waals surface area contributed by atoms with E-state index >= 15 is 0 Å². The van der Waals surface area contributed by atoms with E-state index in [-0.39, 0.29) is 24.7 Å². The topological polar surface area (TPSA) is 83.6 Å². The summed E-state index contributed by atoms with van der Waals surface area (Å²) in [6.45, 7) is 0.502. The summed E-state index contributed by atoms with van der Waals surface area (Å²) in [6, 6.07) is 1.45. The van der Waals surface area contributed by atoms with Crippen molar-refractivity contribution in [2.45, 2.75) is 0 Å². The van der Waals surface area contributed by atoms with Gasteiger partial charge in [0, 0.05) is 19.2 Å². The third-order valence-corrected chi connectivity index (χ3v) is 2.17. The molecule has 1 N–H and O–H groups in total. The first-order chi connectivity index (χ1) is 6.68. The van der Waals surface area contributed by atoms with E-state index in [4.69, 9.17) is 5.11 Å². The largest absolute Gasteiger partial charge is 0.481 e. The van der Waals surface area contributed by atoms with Gasteiger partial charge >= 0.3 is 5.97 Å². The summed E-state index contributed by atoms with van der Waals surface area (Å²) in [5, 5.41) is 12.1. The average Bonchev–Trinajstić information content (AvgIpc) is 2.51. The maximum atomic E-state index is 11.5. The molecule has 74 valence electrons. The first kappa shape index (κ1) is 8.74. The fraction of sp³-hybridized carbons (Fsp3) is 0.375. The van der Waals surface area contributed by atoms with E-state index in [9.17, 15) is 9.59 Å². The molecule has 0 bridgehead atoms. The molecule has 0 aromatic carbocycles. The van der Waals surface area contributed by atoms with Crippen LogP contribution in [0, 0.1) is 5.92 Å². The summed E-state index contributed by atoms with van der Waals surface area (Å²) in [5.41, 5.74) is 0.217. The molecule has 14 heavy (non-hydrogen) atoms. The summed E-state index contributed by atoms with van der Waals surface area (Å²) in [5.74, 6) is -1.59. The number of nitrogens with zero attached hydrogens (tertiary/aromatic N) is 2. The highest BCUT2D eigenvalue weighted by Crippen LogP contribution is 2.17. The number of aliphatic carboxylic acids is 1. The molecular weight excluding hydrogens is 188 g/mol. The lowest BCUT2D eigenvalue weighted by Crippen LogP contribution is -2.53. The molecule has 1 saturated heterocycles. The van der Waals surface area contributed by atoms with Gasteiger partial charge < -0.3 is 14.5 Å². The molecule has 1 aliphatic heterocycles. The highest BCUT2D eigenvalue weighted by atomic mass is 16.5.